The highest BCUT2D eigenvalue weighted by Crippen LogP contribution is 2.38. The lowest BCUT2D eigenvalue weighted by atomic mass is 9.98. The van der Waals surface area contributed by atoms with E-state index in [1.807, 2.05) is 0 Å². The summed E-state index contributed by atoms with van der Waals surface area (Å²) >= 11 is 1.16. The van der Waals surface area contributed by atoms with Crippen molar-refractivity contribution in [1.82, 2.24) is 19.3 Å². The zero-order chi connectivity index (χ0) is 22.2. The number of benzene rings is 1. The van der Waals surface area contributed by atoms with E-state index in [2.05, 4.69) is 19.7 Å². The van der Waals surface area contributed by atoms with Crippen molar-refractivity contribution in [3.63, 3.8) is 0 Å². The smallest absolute Gasteiger partial charge is 0.416 e. The summed E-state index contributed by atoms with van der Waals surface area (Å²) in [5, 5.41) is 1.91. The number of aromatic nitrogens is 3. The summed E-state index contributed by atoms with van der Waals surface area (Å²) in [7, 11) is -2.56. The summed E-state index contributed by atoms with van der Waals surface area (Å²) in [5.74, 6) is 0.0243. The van der Waals surface area contributed by atoms with Crippen LogP contribution < -0.4 is 9.46 Å². The van der Waals surface area contributed by atoms with Crippen LogP contribution in [0.5, 0.6) is 5.75 Å². The molecule has 13 heteroatoms. The van der Waals surface area contributed by atoms with Gasteiger partial charge >= 0.3 is 16.4 Å². The minimum absolute atomic E-state index is 0.00544. The van der Waals surface area contributed by atoms with Crippen molar-refractivity contribution in [2.45, 2.75) is 19.1 Å². The van der Waals surface area contributed by atoms with E-state index in [4.69, 9.17) is 4.74 Å². The summed E-state index contributed by atoms with van der Waals surface area (Å²) in [5.41, 5.74) is 1.11. The normalized spacial score (nSPS) is 14.8. The van der Waals surface area contributed by atoms with Gasteiger partial charge in [0, 0.05) is 29.2 Å². The number of rotatable bonds is 5. The Morgan fingerprint density at radius 2 is 2.03 bits per heavy atom. The molecule has 0 aliphatic carbocycles. The first-order chi connectivity index (χ1) is 14.7. The van der Waals surface area contributed by atoms with Crippen molar-refractivity contribution in [1.29, 1.82) is 0 Å². The zero-order valence-corrected chi connectivity index (χ0v) is 17.7. The Morgan fingerprint density at radius 3 is 2.71 bits per heavy atom. The van der Waals surface area contributed by atoms with Gasteiger partial charge in [0.2, 0.25) is 0 Å². The molecular weight excluding hydrogens is 455 g/mol. The van der Waals surface area contributed by atoms with Gasteiger partial charge in [-0.2, -0.15) is 25.9 Å². The summed E-state index contributed by atoms with van der Waals surface area (Å²) in [6.07, 6.45) is -1.47. The third kappa shape index (κ3) is 4.34. The van der Waals surface area contributed by atoms with Crippen molar-refractivity contribution in [3.8, 4) is 17.0 Å². The molecule has 31 heavy (non-hydrogen) atoms. The number of anilines is 1. The van der Waals surface area contributed by atoms with E-state index in [0.29, 0.717) is 22.5 Å². The molecule has 0 amide bonds. The Hall–Kier alpha value is -2.77. The second-order valence-electron chi connectivity index (χ2n) is 6.59. The number of methoxy groups -OCH3 is 1. The van der Waals surface area contributed by atoms with Crippen LogP contribution in [0.3, 0.4) is 0 Å². The van der Waals surface area contributed by atoms with Crippen molar-refractivity contribution >= 4 is 26.7 Å². The highest BCUT2D eigenvalue weighted by Gasteiger charge is 2.33. The van der Waals surface area contributed by atoms with Crippen LogP contribution in [0.25, 0.3) is 11.3 Å². The molecule has 0 fully saturated rings. The Morgan fingerprint density at radius 1 is 1.23 bits per heavy atom. The third-order valence-electron chi connectivity index (χ3n) is 4.74. The molecular formula is C18H16F3N5O3S2. The van der Waals surface area contributed by atoms with Crippen LogP contribution >= 0.6 is 11.3 Å². The summed E-state index contributed by atoms with van der Waals surface area (Å²) in [4.78, 5) is 12.4. The van der Waals surface area contributed by atoms with E-state index in [1.54, 1.807) is 5.38 Å². The Balaban J connectivity index is 1.66. The molecule has 2 aromatic heterocycles. The van der Waals surface area contributed by atoms with E-state index >= 15 is 0 Å². The largest absolute Gasteiger partial charge is 0.496 e. The molecule has 0 unspecified atom stereocenters. The number of halogens is 3. The van der Waals surface area contributed by atoms with Gasteiger partial charge in [-0.25, -0.2) is 19.7 Å². The van der Waals surface area contributed by atoms with E-state index in [-0.39, 0.29) is 30.4 Å². The molecule has 3 aromatic rings. The number of ether oxygens (including phenoxy) is 1. The highest BCUT2D eigenvalue weighted by molar-refractivity contribution is 7.90. The number of hydrogen-bond donors (Lipinski definition) is 1. The molecule has 0 atom stereocenters. The van der Waals surface area contributed by atoms with E-state index < -0.39 is 21.9 Å². The number of nitrogens with one attached hydrogen (secondary N) is 1. The van der Waals surface area contributed by atoms with Gasteiger partial charge in [-0.05, 0) is 24.6 Å². The average Bonchev–Trinajstić information content (AvgIpc) is 3.24. The van der Waals surface area contributed by atoms with Crippen LogP contribution in [0.1, 0.15) is 16.8 Å². The number of alkyl halides is 3. The first-order valence-electron chi connectivity index (χ1n) is 8.95. The van der Waals surface area contributed by atoms with Gasteiger partial charge in [-0.15, -0.1) is 11.3 Å². The van der Waals surface area contributed by atoms with Crippen LogP contribution in [-0.4, -0.2) is 41.3 Å². The third-order valence-corrected chi connectivity index (χ3v) is 7.00. The number of hydrogen-bond acceptors (Lipinski definition) is 7. The maximum atomic E-state index is 13.0. The average molecular weight is 471 g/mol. The topological polar surface area (TPSA) is 97.3 Å². The molecule has 1 aliphatic rings. The molecule has 8 nitrogen and oxygen atoms in total. The van der Waals surface area contributed by atoms with Crippen molar-refractivity contribution in [3.05, 3.63) is 52.9 Å². The number of nitrogens with zero attached hydrogens (tertiary/aromatic N) is 4. The Bertz CT molecular complexity index is 1200. The molecule has 0 saturated carbocycles. The van der Waals surface area contributed by atoms with Gasteiger partial charge in [-0.1, -0.05) is 0 Å². The highest BCUT2D eigenvalue weighted by atomic mass is 32.2. The maximum absolute atomic E-state index is 13.0. The SMILES string of the molecule is COc1cc(C(F)(F)F)ccc1-c1ncnc2c1CCN(S(=O)(=O)Nc1nccs1)C2. The van der Waals surface area contributed by atoms with Crippen LogP contribution in [0, 0.1) is 0 Å². The molecule has 1 aromatic carbocycles. The van der Waals surface area contributed by atoms with Gasteiger partial charge in [0.15, 0.2) is 5.13 Å². The molecule has 0 radical (unpaired) electrons. The van der Waals surface area contributed by atoms with Gasteiger partial charge in [0.25, 0.3) is 0 Å². The fraction of sp³-hybridized carbons (Fsp3) is 0.278. The molecule has 0 saturated heterocycles. The van der Waals surface area contributed by atoms with Gasteiger partial charge < -0.3 is 4.74 Å². The van der Waals surface area contributed by atoms with Crippen molar-refractivity contribution in [2.75, 3.05) is 18.4 Å². The van der Waals surface area contributed by atoms with Gasteiger partial charge in [0.1, 0.15) is 12.1 Å². The van der Waals surface area contributed by atoms with Gasteiger partial charge in [-0.3, -0.25) is 0 Å². The Labute approximate surface area is 179 Å². The predicted molar refractivity (Wildman–Crippen MR) is 108 cm³/mol. The molecule has 1 aliphatic heterocycles. The lowest BCUT2D eigenvalue weighted by Gasteiger charge is -2.28. The molecule has 4 rings (SSSR count). The van der Waals surface area contributed by atoms with Gasteiger partial charge in [0.05, 0.1) is 30.6 Å². The van der Waals surface area contributed by atoms with Crippen LogP contribution in [0.15, 0.2) is 36.1 Å². The molecule has 0 bridgehead atoms. The molecule has 1 N–H and O–H groups in total. The monoisotopic (exact) mass is 471 g/mol. The van der Waals surface area contributed by atoms with Crippen molar-refractivity contribution in [2.24, 2.45) is 0 Å². The van der Waals surface area contributed by atoms with E-state index in [9.17, 15) is 21.6 Å². The van der Waals surface area contributed by atoms with Crippen molar-refractivity contribution < 1.29 is 26.3 Å². The van der Waals surface area contributed by atoms with E-state index in [1.165, 1.54) is 30.0 Å². The fourth-order valence-electron chi connectivity index (χ4n) is 3.28. The first kappa shape index (κ1) is 21.5. The lowest BCUT2D eigenvalue weighted by Crippen LogP contribution is -2.40. The Kier molecular flexibility index (Phi) is 5.58. The second-order valence-corrected chi connectivity index (χ2v) is 9.15. The molecule has 164 valence electrons. The van der Waals surface area contributed by atoms with E-state index in [0.717, 1.165) is 23.5 Å². The maximum Gasteiger partial charge on any atom is 0.416 e. The summed E-state index contributed by atoms with van der Waals surface area (Å²) in [6.45, 7) is 0.144. The van der Waals surface area contributed by atoms with Crippen LogP contribution in [0.2, 0.25) is 0 Å². The second kappa shape index (κ2) is 8.05. The van der Waals surface area contributed by atoms with Crippen LogP contribution in [-0.2, 0) is 29.4 Å². The molecule has 0 spiro atoms. The standard InChI is InChI=1S/C18H16F3N5O3S2/c1-29-15-8-11(18(19,20)21)2-3-13(15)16-12-4-6-26(9-14(12)23-10-24-16)31(27,28)25-17-22-5-7-30-17/h2-3,5,7-8,10H,4,6,9H2,1H3,(H,22,25). The summed E-state index contributed by atoms with van der Waals surface area (Å²) in [6, 6.07) is 3.18. The quantitative estimate of drug-likeness (QED) is 0.613. The predicted octanol–water partition coefficient (Wildman–Crippen LogP) is 3.34. The summed E-state index contributed by atoms with van der Waals surface area (Å²) < 4.78 is 73.3. The van der Waals surface area contributed by atoms with Crippen LogP contribution in [0.4, 0.5) is 18.3 Å². The molecule has 3 heterocycles. The first-order valence-corrected chi connectivity index (χ1v) is 11.3. The minimum atomic E-state index is -4.50. The minimum Gasteiger partial charge on any atom is -0.496 e. The number of fused-ring (bicyclic) bond motifs is 1. The fourth-order valence-corrected chi connectivity index (χ4v) is 5.19. The lowest BCUT2D eigenvalue weighted by molar-refractivity contribution is -0.137. The zero-order valence-electron chi connectivity index (χ0n) is 16.0. The number of thiazole rings is 1.